The van der Waals surface area contributed by atoms with Gasteiger partial charge in [0.25, 0.3) is 0 Å². The van der Waals surface area contributed by atoms with E-state index in [4.69, 9.17) is 9.78 Å². The van der Waals surface area contributed by atoms with Crippen molar-refractivity contribution in [2.75, 3.05) is 0 Å². The summed E-state index contributed by atoms with van der Waals surface area (Å²) in [6, 6.07) is 7.58. The molecule has 0 N–H and O–H groups in total. The van der Waals surface area contributed by atoms with E-state index in [0.717, 1.165) is 19.3 Å². The summed E-state index contributed by atoms with van der Waals surface area (Å²) in [6.45, 7) is 8.62. The summed E-state index contributed by atoms with van der Waals surface area (Å²) in [7, 11) is 0. The van der Waals surface area contributed by atoms with Gasteiger partial charge in [0.15, 0.2) is 0 Å². The molecule has 122 valence electrons. The molecule has 1 saturated carbocycles. The SMILES string of the molecule is CCC1CCCCC1OOC(=O)c1ccc(C(C)(C)C)cc1. The van der Waals surface area contributed by atoms with Crippen LogP contribution in [0.3, 0.4) is 0 Å². The Kier molecular flexibility index (Phi) is 5.63. The van der Waals surface area contributed by atoms with Crippen LogP contribution in [0.15, 0.2) is 24.3 Å². The first-order chi connectivity index (χ1) is 10.4. The van der Waals surface area contributed by atoms with Crippen molar-refractivity contribution in [3.8, 4) is 0 Å². The maximum atomic E-state index is 12.1. The lowest BCUT2D eigenvalue weighted by Crippen LogP contribution is -2.28. The number of rotatable bonds is 4. The Morgan fingerprint density at radius 2 is 1.77 bits per heavy atom. The maximum absolute atomic E-state index is 12.1. The third-order valence-corrected chi connectivity index (χ3v) is 4.60. The van der Waals surface area contributed by atoms with E-state index >= 15 is 0 Å². The highest BCUT2D eigenvalue weighted by molar-refractivity contribution is 5.88. The number of carbonyl (C=O) groups is 1. The van der Waals surface area contributed by atoms with Crippen LogP contribution < -0.4 is 0 Å². The van der Waals surface area contributed by atoms with Crippen molar-refractivity contribution in [1.82, 2.24) is 0 Å². The molecule has 0 spiro atoms. The zero-order chi connectivity index (χ0) is 16.2. The van der Waals surface area contributed by atoms with Gasteiger partial charge in [-0.25, -0.2) is 4.79 Å². The Balaban J connectivity index is 1.92. The zero-order valence-electron chi connectivity index (χ0n) is 14.2. The molecule has 1 aliphatic rings. The molecule has 3 nitrogen and oxygen atoms in total. The largest absolute Gasteiger partial charge is 0.373 e. The van der Waals surface area contributed by atoms with Gasteiger partial charge in [0.2, 0.25) is 0 Å². The predicted molar refractivity (Wildman–Crippen MR) is 87.7 cm³/mol. The van der Waals surface area contributed by atoms with Gasteiger partial charge >= 0.3 is 5.97 Å². The first-order valence-electron chi connectivity index (χ1n) is 8.40. The van der Waals surface area contributed by atoms with Crippen molar-refractivity contribution in [3.63, 3.8) is 0 Å². The van der Waals surface area contributed by atoms with Crippen molar-refractivity contribution in [2.24, 2.45) is 5.92 Å². The smallest absolute Gasteiger partial charge is 0.293 e. The Bertz CT molecular complexity index is 484. The van der Waals surface area contributed by atoms with E-state index in [2.05, 4.69) is 27.7 Å². The van der Waals surface area contributed by atoms with Crippen LogP contribution in [0.5, 0.6) is 0 Å². The monoisotopic (exact) mass is 304 g/mol. The molecule has 1 fully saturated rings. The highest BCUT2D eigenvalue weighted by Crippen LogP contribution is 2.29. The van der Waals surface area contributed by atoms with Gasteiger partial charge in [-0.05, 0) is 41.9 Å². The van der Waals surface area contributed by atoms with Gasteiger partial charge in [-0.15, -0.1) is 0 Å². The zero-order valence-corrected chi connectivity index (χ0v) is 14.2. The van der Waals surface area contributed by atoms with E-state index in [1.165, 1.54) is 18.4 Å². The third-order valence-electron chi connectivity index (χ3n) is 4.60. The van der Waals surface area contributed by atoms with Crippen LogP contribution in [-0.4, -0.2) is 12.1 Å². The van der Waals surface area contributed by atoms with Gasteiger partial charge < -0.3 is 0 Å². The van der Waals surface area contributed by atoms with Crippen LogP contribution in [0.25, 0.3) is 0 Å². The molecule has 0 radical (unpaired) electrons. The lowest BCUT2D eigenvalue weighted by Gasteiger charge is -2.28. The molecule has 0 amide bonds. The fourth-order valence-electron chi connectivity index (χ4n) is 3.03. The molecule has 2 atom stereocenters. The van der Waals surface area contributed by atoms with Gasteiger partial charge in [-0.1, -0.05) is 59.1 Å². The van der Waals surface area contributed by atoms with Crippen LogP contribution >= 0.6 is 0 Å². The van der Waals surface area contributed by atoms with Gasteiger partial charge in [-0.3, -0.25) is 4.89 Å². The number of carbonyl (C=O) groups excluding carboxylic acids is 1. The molecule has 2 rings (SSSR count). The molecular formula is C19H28O3. The van der Waals surface area contributed by atoms with Crippen LogP contribution in [0.4, 0.5) is 0 Å². The topological polar surface area (TPSA) is 35.5 Å². The normalized spacial score (nSPS) is 22.4. The number of hydrogen-bond donors (Lipinski definition) is 0. The van der Waals surface area contributed by atoms with Crippen molar-refractivity contribution >= 4 is 5.97 Å². The minimum Gasteiger partial charge on any atom is -0.293 e. The fraction of sp³-hybridized carbons (Fsp3) is 0.632. The molecule has 1 aliphatic carbocycles. The Hall–Kier alpha value is -1.35. The van der Waals surface area contributed by atoms with Crippen molar-refractivity contribution in [2.45, 2.75) is 71.3 Å². The van der Waals surface area contributed by atoms with Gasteiger partial charge in [0.05, 0.1) is 5.56 Å². The third kappa shape index (κ3) is 4.33. The van der Waals surface area contributed by atoms with E-state index in [1.807, 2.05) is 24.3 Å². The van der Waals surface area contributed by atoms with Gasteiger partial charge in [0, 0.05) is 0 Å². The van der Waals surface area contributed by atoms with Crippen LogP contribution in [0.2, 0.25) is 0 Å². The minimum atomic E-state index is -0.402. The van der Waals surface area contributed by atoms with Crippen LogP contribution in [0, 0.1) is 5.92 Å². The summed E-state index contributed by atoms with van der Waals surface area (Å²) in [5, 5.41) is 0. The second kappa shape index (κ2) is 7.28. The molecule has 3 heteroatoms. The first-order valence-corrected chi connectivity index (χ1v) is 8.40. The highest BCUT2D eigenvalue weighted by Gasteiger charge is 2.26. The average Bonchev–Trinajstić information content (AvgIpc) is 2.52. The minimum absolute atomic E-state index is 0.0524. The lowest BCUT2D eigenvalue weighted by molar-refractivity contribution is -0.290. The van der Waals surface area contributed by atoms with Crippen LogP contribution in [-0.2, 0) is 15.2 Å². The fourth-order valence-corrected chi connectivity index (χ4v) is 3.03. The second-order valence-electron chi connectivity index (χ2n) is 7.29. The molecule has 0 saturated heterocycles. The summed E-state index contributed by atoms with van der Waals surface area (Å²) in [6.07, 6.45) is 5.67. The summed E-state index contributed by atoms with van der Waals surface area (Å²) in [5.41, 5.74) is 1.82. The summed E-state index contributed by atoms with van der Waals surface area (Å²) in [4.78, 5) is 22.6. The summed E-state index contributed by atoms with van der Waals surface area (Å²) >= 11 is 0. The van der Waals surface area contributed by atoms with Crippen molar-refractivity contribution < 1.29 is 14.6 Å². The summed E-state index contributed by atoms with van der Waals surface area (Å²) < 4.78 is 0. The average molecular weight is 304 g/mol. The molecule has 2 unspecified atom stereocenters. The Labute approximate surface area is 133 Å². The number of hydrogen-bond acceptors (Lipinski definition) is 3. The Morgan fingerprint density at radius 1 is 1.14 bits per heavy atom. The maximum Gasteiger partial charge on any atom is 0.373 e. The van der Waals surface area contributed by atoms with Gasteiger partial charge in [-0.2, -0.15) is 4.89 Å². The van der Waals surface area contributed by atoms with E-state index in [-0.39, 0.29) is 11.5 Å². The molecule has 1 aromatic rings. The molecule has 1 aromatic carbocycles. The van der Waals surface area contributed by atoms with Crippen LogP contribution in [0.1, 0.15) is 75.7 Å². The molecule has 22 heavy (non-hydrogen) atoms. The lowest BCUT2D eigenvalue weighted by atomic mass is 9.85. The molecule has 0 bridgehead atoms. The van der Waals surface area contributed by atoms with Gasteiger partial charge in [0.1, 0.15) is 6.10 Å². The summed E-state index contributed by atoms with van der Waals surface area (Å²) in [5.74, 6) is 0.103. The predicted octanol–water partition coefficient (Wildman–Crippen LogP) is 5.04. The molecule has 0 aromatic heterocycles. The van der Waals surface area contributed by atoms with E-state index < -0.39 is 5.97 Å². The van der Waals surface area contributed by atoms with Crippen molar-refractivity contribution in [1.29, 1.82) is 0 Å². The highest BCUT2D eigenvalue weighted by atomic mass is 17.2. The number of benzene rings is 1. The molecule has 0 heterocycles. The Morgan fingerprint density at radius 3 is 2.36 bits per heavy atom. The molecule has 0 aliphatic heterocycles. The quantitative estimate of drug-likeness (QED) is 0.577. The standard InChI is InChI=1S/C19H28O3/c1-5-14-8-6-7-9-17(14)21-22-18(20)15-10-12-16(13-11-15)19(2,3)4/h10-14,17H,5-9H2,1-4H3. The van der Waals surface area contributed by atoms with E-state index in [9.17, 15) is 4.79 Å². The van der Waals surface area contributed by atoms with Crippen molar-refractivity contribution in [3.05, 3.63) is 35.4 Å². The second-order valence-corrected chi connectivity index (χ2v) is 7.29. The van der Waals surface area contributed by atoms with E-state index in [1.54, 1.807) is 0 Å². The molecular weight excluding hydrogens is 276 g/mol. The first kappa shape index (κ1) is 17.0. The van der Waals surface area contributed by atoms with E-state index in [0.29, 0.717) is 11.5 Å².